The van der Waals surface area contributed by atoms with Crippen molar-refractivity contribution in [3.05, 3.63) is 59.7 Å². The molecule has 0 spiro atoms. The Bertz CT molecular complexity index is 1260. The van der Waals surface area contributed by atoms with Gasteiger partial charge in [-0.05, 0) is 93.4 Å². The summed E-state index contributed by atoms with van der Waals surface area (Å²) in [4.78, 5) is 30.9. The summed E-state index contributed by atoms with van der Waals surface area (Å²) in [7, 11) is 3.36. The van der Waals surface area contributed by atoms with Gasteiger partial charge in [-0.3, -0.25) is 4.79 Å². The first-order valence-electron chi connectivity index (χ1n) is 17.1. The number of benzene rings is 2. The maximum absolute atomic E-state index is 13.7. The Balaban J connectivity index is 1.51. The normalized spacial score (nSPS) is 18.8. The third kappa shape index (κ3) is 10.6. The highest BCUT2D eigenvalue weighted by molar-refractivity contribution is 5.79. The van der Waals surface area contributed by atoms with Crippen LogP contribution in [0.5, 0.6) is 11.5 Å². The summed E-state index contributed by atoms with van der Waals surface area (Å²) >= 11 is 0. The van der Waals surface area contributed by atoms with Crippen molar-refractivity contribution in [1.29, 1.82) is 0 Å². The van der Waals surface area contributed by atoms with Gasteiger partial charge in [-0.25, -0.2) is 4.79 Å². The van der Waals surface area contributed by atoms with E-state index < -0.39 is 5.60 Å². The molecule has 1 heterocycles. The molecule has 2 aromatic carbocycles. The van der Waals surface area contributed by atoms with E-state index in [1.807, 2.05) is 62.1 Å². The number of likely N-dealkylation sites (tertiary alicyclic amines) is 1. The molecule has 1 saturated carbocycles. The van der Waals surface area contributed by atoms with Gasteiger partial charge in [0, 0.05) is 45.8 Å². The van der Waals surface area contributed by atoms with Gasteiger partial charge in [-0.2, -0.15) is 0 Å². The molecule has 3 atom stereocenters. The summed E-state index contributed by atoms with van der Waals surface area (Å²) < 4.78 is 22.6. The lowest BCUT2D eigenvalue weighted by molar-refractivity contribution is -0.131. The van der Waals surface area contributed by atoms with Crippen LogP contribution in [0.2, 0.25) is 0 Å². The Morgan fingerprint density at radius 1 is 0.935 bits per heavy atom. The second kappa shape index (κ2) is 16.5. The topological polar surface area (TPSA) is 77.5 Å². The Kier molecular flexibility index (Phi) is 12.8. The molecule has 2 aromatic rings. The van der Waals surface area contributed by atoms with Gasteiger partial charge in [0.1, 0.15) is 5.60 Å². The molecule has 2 fully saturated rings. The lowest BCUT2D eigenvalue weighted by Crippen LogP contribution is -2.41. The Morgan fingerprint density at radius 3 is 2.28 bits per heavy atom. The maximum atomic E-state index is 13.7. The maximum Gasteiger partial charge on any atom is 0.410 e. The van der Waals surface area contributed by atoms with Crippen LogP contribution in [0, 0.1) is 23.7 Å². The lowest BCUT2D eigenvalue weighted by atomic mass is 9.78. The van der Waals surface area contributed by atoms with Gasteiger partial charge in [0.15, 0.2) is 11.5 Å². The highest BCUT2D eigenvalue weighted by atomic mass is 16.6. The minimum Gasteiger partial charge on any atom is -0.493 e. The van der Waals surface area contributed by atoms with Crippen molar-refractivity contribution in [2.75, 3.05) is 47.1 Å². The van der Waals surface area contributed by atoms with Gasteiger partial charge in [-0.15, -0.1) is 0 Å². The van der Waals surface area contributed by atoms with E-state index in [0.29, 0.717) is 57.1 Å². The Morgan fingerprint density at radius 2 is 1.65 bits per heavy atom. The predicted molar refractivity (Wildman–Crippen MR) is 181 cm³/mol. The van der Waals surface area contributed by atoms with E-state index in [1.165, 1.54) is 5.56 Å². The highest BCUT2D eigenvalue weighted by Gasteiger charge is 2.42. The van der Waals surface area contributed by atoms with Gasteiger partial charge in [-0.1, -0.05) is 50.2 Å². The van der Waals surface area contributed by atoms with Crippen molar-refractivity contribution in [2.24, 2.45) is 23.7 Å². The number of nitrogens with zero attached hydrogens (tertiary/aromatic N) is 2. The summed E-state index contributed by atoms with van der Waals surface area (Å²) in [5, 5.41) is 0. The molecule has 2 amide bonds. The molecule has 0 bridgehead atoms. The van der Waals surface area contributed by atoms with Crippen LogP contribution >= 0.6 is 0 Å². The first-order chi connectivity index (χ1) is 22.0. The molecule has 1 aliphatic heterocycles. The molecule has 0 unspecified atom stereocenters. The minimum atomic E-state index is -0.561. The van der Waals surface area contributed by atoms with E-state index in [-0.39, 0.29) is 23.8 Å². The minimum absolute atomic E-state index is 0.180. The van der Waals surface area contributed by atoms with Crippen LogP contribution in [0.25, 0.3) is 0 Å². The number of rotatable bonds is 16. The molecular weight excluding hydrogens is 580 g/mol. The zero-order valence-corrected chi connectivity index (χ0v) is 29.1. The van der Waals surface area contributed by atoms with Crippen molar-refractivity contribution in [2.45, 2.75) is 84.8 Å². The molecule has 2 aliphatic rings. The van der Waals surface area contributed by atoms with Crippen molar-refractivity contribution in [1.82, 2.24) is 9.80 Å². The second-order valence-corrected chi connectivity index (χ2v) is 14.5. The molecule has 1 aliphatic carbocycles. The van der Waals surface area contributed by atoms with Gasteiger partial charge in [0.05, 0.1) is 20.1 Å². The van der Waals surface area contributed by atoms with Gasteiger partial charge in [0.25, 0.3) is 0 Å². The Labute approximate surface area is 276 Å². The molecule has 0 radical (unpaired) electrons. The smallest absolute Gasteiger partial charge is 0.410 e. The summed E-state index contributed by atoms with van der Waals surface area (Å²) in [6, 6.07) is 16.5. The molecule has 1 saturated heterocycles. The third-order valence-corrected chi connectivity index (χ3v) is 9.19. The molecule has 8 heteroatoms. The number of methoxy groups -OCH3 is 2. The van der Waals surface area contributed by atoms with E-state index in [1.54, 1.807) is 14.2 Å². The van der Waals surface area contributed by atoms with Crippen molar-refractivity contribution >= 4 is 12.0 Å². The monoisotopic (exact) mass is 636 g/mol. The number of ether oxygens (including phenoxy) is 4. The fourth-order valence-corrected chi connectivity index (χ4v) is 6.48. The fourth-order valence-electron chi connectivity index (χ4n) is 6.48. The second-order valence-electron chi connectivity index (χ2n) is 14.5. The Hall–Kier alpha value is -3.26. The SMILES string of the molecule is COCCCOc1cc(C[C@@H](C[C@@H]2CN(C(=O)OC(C)(C)C)C[C@H]2CN(C(=O)Cc2ccccc2)C2CC2)C(C)C)ccc1OC. The summed E-state index contributed by atoms with van der Waals surface area (Å²) in [5.74, 6) is 2.92. The van der Waals surface area contributed by atoms with E-state index in [2.05, 4.69) is 30.9 Å². The van der Waals surface area contributed by atoms with Crippen molar-refractivity contribution in [3.8, 4) is 11.5 Å². The van der Waals surface area contributed by atoms with E-state index >= 15 is 0 Å². The van der Waals surface area contributed by atoms with Crippen LogP contribution in [0.1, 0.15) is 71.4 Å². The van der Waals surface area contributed by atoms with Crippen LogP contribution in [0.15, 0.2) is 48.5 Å². The first-order valence-corrected chi connectivity index (χ1v) is 17.1. The zero-order valence-electron chi connectivity index (χ0n) is 29.1. The zero-order chi connectivity index (χ0) is 33.3. The first kappa shape index (κ1) is 35.6. The van der Waals surface area contributed by atoms with E-state index in [0.717, 1.165) is 49.2 Å². The number of hydrogen-bond acceptors (Lipinski definition) is 6. The quantitative estimate of drug-likeness (QED) is 0.184. The molecular formula is C38H56N2O6. The average molecular weight is 637 g/mol. The number of hydrogen-bond donors (Lipinski definition) is 0. The molecule has 8 nitrogen and oxygen atoms in total. The standard InChI is InChI=1S/C38H56N2O6/c1-27(2)30(20-29-14-17-34(44-7)35(21-29)45-19-11-18-43-6)23-31-24-39(37(42)46-38(3,4)5)25-32(31)26-40(33-15-16-33)36(41)22-28-12-9-8-10-13-28/h8-10,12-14,17,21,27,30-33H,11,15-16,18-20,22-26H2,1-7H3/t30-,31+,32-/m0/s1. The molecule has 254 valence electrons. The van der Waals surface area contributed by atoms with E-state index in [9.17, 15) is 9.59 Å². The van der Waals surface area contributed by atoms with E-state index in [4.69, 9.17) is 18.9 Å². The highest BCUT2D eigenvalue weighted by Crippen LogP contribution is 2.38. The van der Waals surface area contributed by atoms with Crippen molar-refractivity contribution < 1.29 is 28.5 Å². The fraction of sp³-hybridized carbons (Fsp3) is 0.632. The van der Waals surface area contributed by atoms with Gasteiger partial charge >= 0.3 is 6.09 Å². The third-order valence-electron chi connectivity index (χ3n) is 9.19. The van der Waals surface area contributed by atoms with Crippen LogP contribution in [0.4, 0.5) is 4.79 Å². The van der Waals surface area contributed by atoms with Crippen LogP contribution in [0.3, 0.4) is 0 Å². The average Bonchev–Trinajstić information content (AvgIpc) is 3.77. The van der Waals surface area contributed by atoms with Crippen molar-refractivity contribution in [3.63, 3.8) is 0 Å². The predicted octanol–water partition coefficient (Wildman–Crippen LogP) is 7.03. The summed E-state index contributed by atoms with van der Waals surface area (Å²) in [6.45, 7) is 13.4. The number of carbonyl (C=O) groups excluding carboxylic acids is 2. The van der Waals surface area contributed by atoms with Gasteiger partial charge in [0.2, 0.25) is 5.91 Å². The number of carbonyl (C=O) groups is 2. The number of amides is 2. The largest absolute Gasteiger partial charge is 0.493 e. The lowest BCUT2D eigenvalue weighted by Gasteiger charge is -2.31. The molecule has 0 aromatic heterocycles. The van der Waals surface area contributed by atoms with Crippen LogP contribution in [-0.4, -0.2) is 80.5 Å². The molecule has 46 heavy (non-hydrogen) atoms. The van der Waals surface area contributed by atoms with Gasteiger partial charge < -0.3 is 28.7 Å². The molecule has 4 rings (SSSR count). The summed E-state index contributed by atoms with van der Waals surface area (Å²) in [5.41, 5.74) is 1.68. The van der Waals surface area contributed by atoms with Crippen LogP contribution in [-0.2, 0) is 27.1 Å². The summed E-state index contributed by atoms with van der Waals surface area (Å²) in [6.07, 6.45) is 4.91. The van der Waals surface area contributed by atoms with Crippen LogP contribution < -0.4 is 9.47 Å². The molecule has 0 N–H and O–H groups in total.